The first-order chi connectivity index (χ1) is 20.9. The van der Waals surface area contributed by atoms with E-state index in [2.05, 4.69) is 10.6 Å². The average Bonchev–Trinajstić information content (AvgIpc) is 3.04. The van der Waals surface area contributed by atoms with Crippen LogP contribution < -0.4 is 20.1 Å². The van der Waals surface area contributed by atoms with Gasteiger partial charge in [0.05, 0.1) is 19.1 Å². The second-order valence-electron chi connectivity index (χ2n) is 10.0. The van der Waals surface area contributed by atoms with Crippen LogP contribution in [0.5, 0.6) is 11.5 Å². The molecule has 0 amide bonds. The molecule has 5 aromatic rings. The molecule has 220 valence electrons. The number of hydrogen-bond donors (Lipinski definition) is 2. The van der Waals surface area contributed by atoms with Gasteiger partial charge in [-0.1, -0.05) is 91.0 Å². The molecule has 5 rings (SSSR count). The quantitative estimate of drug-likeness (QED) is 0.119. The molecule has 5 aromatic carbocycles. The molecule has 0 fully saturated rings. The smallest absolute Gasteiger partial charge is 0.125 e. The van der Waals surface area contributed by atoms with Crippen LogP contribution in [0.1, 0.15) is 33.7 Å². The van der Waals surface area contributed by atoms with Crippen molar-refractivity contribution >= 4 is 21.5 Å². The van der Waals surface area contributed by atoms with E-state index in [9.17, 15) is 13.0 Å². The van der Waals surface area contributed by atoms with Crippen molar-refractivity contribution in [1.29, 1.82) is 0 Å². The first kappa shape index (κ1) is 29.7. The fraction of sp³-hybridized carbons (Fsp3) is 0.143. The summed E-state index contributed by atoms with van der Waals surface area (Å²) in [7, 11) is -1.64. The molecule has 0 spiro atoms. The lowest BCUT2D eigenvalue weighted by atomic mass is 9.83. The summed E-state index contributed by atoms with van der Waals surface area (Å²) in [6.07, 6.45) is 0. The fourth-order valence-corrected chi connectivity index (χ4v) is 5.89. The minimum Gasteiger partial charge on any atom is -0.744 e. The maximum absolute atomic E-state index is 12.4. The van der Waals surface area contributed by atoms with Crippen LogP contribution in [0.4, 0.5) is 11.4 Å². The highest BCUT2D eigenvalue weighted by Gasteiger charge is 2.28. The Labute approximate surface area is 252 Å². The number of hydrogen-bond acceptors (Lipinski definition) is 7. The molecule has 0 unspecified atom stereocenters. The Morgan fingerprint density at radius 2 is 1.05 bits per heavy atom. The summed E-state index contributed by atoms with van der Waals surface area (Å²) < 4.78 is 49.0. The van der Waals surface area contributed by atoms with Crippen LogP contribution in [-0.2, 0) is 23.2 Å². The van der Waals surface area contributed by atoms with Crippen molar-refractivity contribution in [3.63, 3.8) is 0 Å². The van der Waals surface area contributed by atoms with Gasteiger partial charge >= 0.3 is 0 Å². The van der Waals surface area contributed by atoms with Crippen LogP contribution in [0, 0.1) is 0 Å². The zero-order valence-electron chi connectivity index (χ0n) is 24.0. The predicted octanol–water partition coefficient (Wildman–Crippen LogP) is 7.01. The Morgan fingerprint density at radius 1 is 0.605 bits per heavy atom. The van der Waals surface area contributed by atoms with Gasteiger partial charge in [-0.05, 0) is 34.9 Å². The van der Waals surface area contributed by atoms with Gasteiger partial charge in [0.15, 0.2) is 0 Å². The van der Waals surface area contributed by atoms with Crippen molar-refractivity contribution < 1.29 is 22.4 Å². The molecule has 0 aliphatic rings. The molecule has 0 atom stereocenters. The maximum atomic E-state index is 12.4. The lowest BCUT2D eigenvalue weighted by molar-refractivity contribution is 0.402. The van der Waals surface area contributed by atoms with Gasteiger partial charge in [0.2, 0.25) is 0 Å². The maximum Gasteiger partial charge on any atom is 0.125 e. The second-order valence-corrected chi connectivity index (χ2v) is 11.4. The standard InChI is InChI=1S/C35H34N2O5S/c1-41-32-21-27(36-23-25-11-5-3-6-12-25)17-19-29(32)35(31-15-9-10-16-34(31)43(38,39)40)30-20-18-28(22-33(30)42-2)37-24-26-13-7-4-8-14-26/h3-22,35-37H,23-24H2,1-2H3,(H,38,39,40)/p-1. The van der Waals surface area contributed by atoms with Gasteiger partial charge in [-0.3, -0.25) is 0 Å². The molecule has 0 aromatic heterocycles. The number of ether oxygens (including phenoxy) is 2. The molecule has 0 aliphatic carbocycles. The van der Waals surface area contributed by atoms with Gasteiger partial charge in [-0.15, -0.1) is 0 Å². The van der Waals surface area contributed by atoms with Crippen LogP contribution in [-0.4, -0.2) is 27.2 Å². The van der Waals surface area contributed by atoms with Crippen molar-refractivity contribution in [2.45, 2.75) is 23.9 Å². The first-order valence-corrected chi connectivity index (χ1v) is 15.2. The van der Waals surface area contributed by atoms with Gasteiger partial charge < -0.3 is 24.7 Å². The van der Waals surface area contributed by atoms with Gasteiger partial charge in [-0.25, -0.2) is 8.42 Å². The molecule has 7 nitrogen and oxygen atoms in total. The third kappa shape index (κ3) is 7.17. The van der Waals surface area contributed by atoms with E-state index >= 15 is 0 Å². The Bertz CT molecular complexity index is 1680. The van der Waals surface area contributed by atoms with Gasteiger partial charge in [0.25, 0.3) is 0 Å². The molecule has 0 aliphatic heterocycles. The summed E-state index contributed by atoms with van der Waals surface area (Å²) in [4.78, 5) is -0.290. The highest BCUT2D eigenvalue weighted by Crippen LogP contribution is 2.44. The number of rotatable bonds is 12. The molecular weight excluding hydrogens is 560 g/mol. The molecule has 0 heterocycles. The van der Waals surface area contributed by atoms with Crippen molar-refractivity contribution in [2.75, 3.05) is 24.9 Å². The number of anilines is 2. The highest BCUT2D eigenvalue weighted by molar-refractivity contribution is 7.85. The summed E-state index contributed by atoms with van der Waals surface area (Å²) in [5, 5.41) is 6.83. The van der Waals surface area contributed by atoms with Gasteiger partial charge in [0, 0.05) is 53.6 Å². The largest absolute Gasteiger partial charge is 0.744 e. The highest BCUT2D eigenvalue weighted by atomic mass is 32.2. The van der Waals surface area contributed by atoms with Crippen LogP contribution in [0.2, 0.25) is 0 Å². The second kappa shape index (κ2) is 13.5. The van der Waals surface area contributed by atoms with Crippen molar-refractivity contribution in [2.24, 2.45) is 0 Å². The molecule has 0 saturated carbocycles. The van der Waals surface area contributed by atoms with E-state index in [0.717, 1.165) is 22.5 Å². The van der Waals surface area contributed by atoms with E-state index in [1.54, 1.807) is 32.4 Å². The molecule has 8 heteroatoms. The number of methoxy groups -OCH3 is 2. The van der Waals surface area contributed by atoms with Crippen molar-refractivity contribution in [3.05, 3.63) is 149 Å². The Kier molecular flexibility index (Phi) is 9.29. The Hall–Kier alpha value is -4.79. The summed E-state index contributed by atoms with van der Waals surface area (Å²) in [6, 6.07) is 37.7. The molecule has 0 saturated heterocycles. The van der Waals surface area contributed by atoms with Crippen LogP contribution >= 0.6 is 0 Å². The normalized spacial score (nSPS) is 11.3. The first-order valence-electron chi connectivity index (χ1n) is 13.8. The van der Waals surface area contributed by atoms with E-state index in [0.29, 0.717) is 41.3 Å². The van der Waals surface area contributed by atoms with Gasteiger partial charge in [-0.2, -0.15) is 0 Å². The minimum atomic E-state index is -4.78. The summed E-state index contributed by atoms with van der Waals surface area (Å²) in [5.74, 6) is 0.389. The lowest BCUT2D eigenvalue weighted by Crippen LogP contribution is -2.13. The minimum absolute atomic E-state index is 0.290. The zero-order chi connectivity index (χ0) is 30.2. The number of nitrogens with one attached hydrogen (secondary N) is 2. The lowest BCUT2D eigenvalue weighted by Gasteiger charge is -2.26. The summed E-state index contributed by atoms with van der Waals surface area (Å²) in [5.41, 5.74) is 5.64. The van der Waals surface area contributed by atoms with E-state index in [1.165, 1.54) is 6.07 Å². The predicted molar refractivity (Wildman–Crippen MR) is 169 cm³/mol. The van der Waals surface area contributed by atoms with E-state index in [-0.39, 0.29) is 4.90 Å². The van der Waals surface area contributed by atoms with Crippen molar-refractivity contribution in [1.82, 2.24) is 0 Å². The average molecular weight is 594 g/mol. The molecular formula is C35H33N2O5S-. The SMILES string of the molecule is COc1cc(NCc2ccccc2)ccc1C(c1ccc(NCc2ccccc2)cc1OC)c1ccccc1S(=O)(=O)[O-]. The van der Waals surface area contributed by atoms with E-state index in [1.807, 2.05) is 97.1 Å². The third-order valence-corrected chi connectivity index (χ3v) is 8.18. The zero-order valence-corrected chi connectivity index (χ0v) is 24.8. The third-order valence-electron chi connectivity index (χ3n) is 7.27. The monoisotopic (exact) mass is 593 g/mol. The summed E-state index contributed by atoms with van der Waals surface area (Å²) in [6.45, 7) is 1.24. The topological polar surface area (TPSA) is 99.7 Å². The van der Waals surface area contributed by atoms with E-state index < -0.39 is 16.0 Å². The van der Waals surface area contributed by atoms with Crippen LogP contribution in [0.25, 0.3) is 0 Å². The van der Waals surface area contributed by atoms with Gasteiger partial charge in [0.1, 0.15) is 21.6 Å². The molecule has 0 radical (unpaired) electrons. The summed E-state index contributed by atoms with van der Waals surface area (Å²) >= 11 is 0. The van der Waals surface area contributed by atoms with Crippen molar-refractivity contribution in [3.8, 4) is 11.5 Å². The Balaban J connectivity index is 1.57. The van der Waals surface area contributed by atoms with Crippen LogP contribution in [0.15, 0.2) is 126 Å². The van der Waals surface area contributed by atoms with Crippen LogP contribution in [0.3, 0.4) is 0 Å². The fourth-order valence-electron chi connectivity index (χ4n) is 5.17. The Morgan fingerprint density at radius 3 is 1.49 bits per heavy atom. The van der Waals surface area contributed by atoms with E-state index in [4.69, 9.17) is 9.47 Å². The molecule has 2 N–H and O–H groups in total. The molecule has 43 heavy (non-hydrogen) atoms. The number of benzene rings is 5. The molecule has 0 bridgehead atoms.